The van der Waals surface area contributed by atoms with Crippen molar-refractivity contribution in [1.82, 2.24) is 15.3 Å². The number of carbonyl (C=O) groups excluding carboxylic acids is 1. The Balaban J connectivity index is 1.89. The smallest absolute Gasteiger partial charge is 0.250 e. The molecule has 1 saturated heterocycles. The molecule has 0 aliphatic carbocycles. The maximum Gasteiger partial charge on any atom is 0.250 e. The van der Waals surface area contributed by atoms with E-state index in [9.17, 15) is 4.79 Å². The summed E-state index contributed by atoms with van der Waals surface area (Å²) in [6.07, 6.45) is 1.16. The van der Waals surface area contributed by atoms with Gasteiger partial charge >= 0.3 is 0 Å². The van der Waals surface area contributed by atoms with Crippen LogP contribution >= 0.6 is 23.2 Å². The average Bonchev–Trinajstić information content (AvgIpc) is 2.55. The zero-order valence-electron chi connectivity index (χ0n) is 11.8. The van der Waals surface area contributed by atoms with Gasteiger partial charge in [-0.15, -0.1) is 0 Å². The monoisotopic (exact) mass is 340 g/mol. The molecular formula is C14H14Cl2N4O2. The molecule has 1 aromatic heterocycles. The van der Waals surface area contributed by atoms with Gasteiger partial charge in [0.15, 0.2) is 6.10 Å². The van der Waals surface area contributed by atoms with Crippen LogP contribution in [0.2, 0.25) is 10.0 Å². The molecule has 3 rings (SSSR count). The molecule has 22 heavy (non-hydrogen) atoms. The highest BCUT2D eigenvalue weighted by Gasteiger charge is 2.26. The number of aromatic nitrogens is 2. The molecule has 0 saturated carbocycles. The molecule has 1 aliphatic rings. The number of morpholine rings is 1. The summed E-state index contributed by atoms with van der Waals surface area (Å²) >= 11 is 12.0. The molecule has 1 aromatic carbocycles. The molecular weight excluding hydrogens is 327 g/mol. The number of amides is 1. The number of anilines is 1. The lowest BCUT2D eigenvalue weighted by Crippen LogP contribution is -2.49. The van der Waals surface area contributed by atoms with Gasteiger partial charge in [0.2, 0.25) is 0 Å². The normalized spacial score (nSPS) is 18.5. The summed E-state index contributed by atoms with van der Waals surface area (Å²) in [5.74, 6) is 0.538. The van der Waals surface area contributed by atoms with Crippen molar-refractivity contribution >= 4 is 46.0 Å². The fourth-order valence-corrected chi connectivity index (χ4v) is 2.64. The predicted octanol–water partition coefficient (Wildman–Crippen LogP) is 1.89. The SMILES string of the molecule is CNC(=O)C1CN(c2cnc3cc(Cl)c(Cl)cc3n2)CCO1. The number of hydrogen-bond donors (Lipinski definition) is 1. The lowest BCUT2D eigenvalue weighted by molar-refractivity contribution is -0.132. The zero-order valence-corrected chi connectivity index (χ0v) is 13.4. The first-order chi connectivity index (χ1) is 10.6. The van der Waals surface area contributed by atoms with E-state index < -0.39 is 6.10 Å². The van der Waals surface area contributed by atoms with Crippen molar-refractivity contribution < 1.29 is 9.53 Å². The Morgan fingerprint density at radius 2 is 2.09 bits per heavy atom. The van der Waals surface area contributed by atoms with Gasteiger partial charge in [-0.25, -0.2) is 4.98 Å². The fraction of sp³-hybridized carbons (Fsp3) is 0.357. The number of carbonyl (C=O) groups is 1. The van der Waals surface area contributed by atoms with E-state index in [1.54, 1.807) is 25.4 Å². The third-order valence-electron chi connectivity index (χ3n) is 3.50. The van der Waals surface area contributed by atoms with Crippen LogP contribution in [0.25, 0.3) is 11.0 Å². The topological polar surface area (TPSA) is 67.4 Å². The largest absolute Gasteiger partial charge is 0.365 e. The predicted molar refractivity (Wildman–Crippen MR) is 85.6 cm³/mol. The first-order valence-corrected chi connectivity index (χ1v) is 7.54. The number of benzene rings is 1. The molecule has 0 spiro atoms. The standard InChI is InChI=1S/C14H14Cl2N4O2/c1-17-14(21)12-7-20(2-3-22-12)13-6-18-10-4-8(15)9(16)5-11(10)19-13/h4-6,12H,2-3,7H2,1H3,(H,17,21). The second-order valence-electron chi connectivity index (χ2n) is 4.90. The number of fused-ring (bicyclic) bond motifs is 1. The molecule has 2 aromatic rings. The lowest BCUT2D eigenvalue weighted by atomic mass is 10.2. The van der Waals surface area contributed by atoms with Crippen molar-refractivity contribution in [2.75, 3.05) is 31.6 Å². The van der Waals surface area contributed by atoms with Gasteiger partial charge in [-0.1, -0.05) is 23.2 Å². The fourth-order valence-electron chi connectivity index (χ4n) is 2.33. The van der Waals surface area contributed by atoms with Crippen molar-refractivity contribution in [2.24, 2.45) is 0 Å². The first-order valence-electron chi connectivity index (χ1n) is 6.78. The van der Waals surface area contributed by atoms with Gasteiger partial charge in [0.1, 0.15) is 5.82 Å². The number of halogens is 2. The van der Waals surface area contributed by atoms with E-state index in [0.717, 1.165) is 0 Å². The summed E-state index contributed by atoms with van der Waals surface area (Å²) in [6, 6.07) is 3.37. The van der Waals surface area contributed by atoms with Gasteiger partial charge in [-0.3, -0.25) is 9.78 Å². The Kier molecular flexibility index (Phi) is 4.33. The van der Waals surface area contributed by atoms with E-state index in [4.69, 9.17) is 27.9 Å². The van der Waals surface area contributed by atoms with E-state index >= 15 is 0 Å². The second kappa shape index (κ2) is 6.24. The van der Waals surface area contributed by atoms with Crippen LogP contribution < -0.4 is 10.2 Å². The van der Waals surface area contributed by atoms with E-state index in [0.29, 0.717) is 46.6 Å². The molecule has 0 radical (unpaired) electrons. The highest BCUT2D eigenvalue weighted by molar-refractivity contribution is 6.42. The van der Waals surface area contributed by atoms with Crippen molar-refractivity contribution in [3.8, 4) is 0 Å². The van der Waals surface area contributed by atoms with Crippen LogP contribution in [-0.4, -0.2) is 48.7 Å². The molecule has 116 valence electrons. The number of ether oxygens (including phenoxy) is 1. The van der Waals surface area contributed by atoms with Gasteiger partial charge in [0.05, 0.1) is 40.4 Å². The molecule has 1 atom stereocenters. The highest BCUT2D eigenvalue weighted by Crippen LogP contribution is 2.27. The Morgan fingerprint density at radius 3 is 2.82 bits per heavy atom. The van der Waals surface area contributed by atoms with E-state index in [1.165, 1.54) is 0 Å². The number of nitrogens with zero attached hydrogens (tertiary/aromatic N) is 3. The van der Waals surface area contributed by atoms with Crippen LogP contribution in [0, 0.1) is 0 Å². The summed E-state index contributed by atoms with van der Waals surface area (Å²) in [5.41, 5.74) is 1.34. The molecule has 2 heterocycles. The second-order valence-corrected chi connectivity index (χ2v) is 5.72. The minimum Gasteiger partial charge on any atom is -0.365 e. The van der Waals surface area contributed by atoms with Crippen LogP contribution in [0.15, 0.2) is 18.3 Å². The lowest BCUT2D eigenvalue weighted by Gasteiger charge is -2.32. The molecule has 1 N–H and O–H groups in total. The zero-order chi connectivity index (χ0) is 15.7. The summed E-state index contributed by atoms with van der Waals surface area (Å²) in [7, 11) is 1.59. The molecule has 1 aliphatic heterocycles. The Hall–Kier alpha value is -1.63. The average molecular weight is 341 g/mol. The van der Waals surface area contributed by atoms with Crippen molar-refractivity contribution in [3.05, 3.63) is 28.4 Å². The summed E-state index contributed by atoms with van der Waals surface area (Å²) in [6.45, 7) is 1.54. The number of rotatable bonds is 2. The molecule has 1 fully saturated rings. The molecule has 6 nitrogen and oxygen atoms in total. The highest BCUT2D eigenvalue weighted by atomic mass is 35.5. The Morgan fingerprint density at radius 1 is 1.36 bits per heavy atom. The van der Waals surface area contributed by atoms with Crippen LogP contribution in [0.1, 0.15) is 0 Å². The van der Waals surface area contributed by atoms with Crippen LogP contribution in [0.4, 0.5) is 5.82 Å². The summed E-state index contributed by atoms with van der Waals surface area (Å²) < 4.78 is 5.46. The van der Waals surface area contributed by atoms with E-state index in [-0.39, 0.29) is 5.91 Å². The van der Waals surface area contributed by atoms with Gasteiger partial charge in [-0.2, -0.15) is 0 Å². The number of hydrogen-bond acceptors (Lipinski definition) is 5. The van der Waals surface area contributed by atoms with Crippen molar-refractivity contribution in [1.29, 1.82) is 0 Å². The first kappa shape index (κ1) is 15.3. The van der Waals surface area contributed by atoms with Crippen LogP contribution in [-0.2, 0) is 9.53 Å². The van der Waals surface area contributed by atoms with Gasteiger partial charge in [0, 0.05) is 13.6 Å². The molecule has 1 unspecified atom stereocenters. The van der Waals surface area contributed by atoms with Crippen LogP contribution in [0.5, 0.6) is 0 Å². The van der Waals surface area contributed by atoms with Gasteiger partial charge in [-0.05, 0) is 12.1 Å². The quantitative estimate of drug-likeness (QED) is 0.904. The van der Waals surface area contributed by atoms with E-state index in [1.807, 2.05) is 4.90 Å². The number of nitrogens with one attached hydrogen (secondary N) is 1. The van der Waals surface area contributed by atoms with Crippen molar-refractivity contribution in [3.63, 3.8) is 0 Å². The molecule has 0 bridgehead atoms. The van der Waals surface area contributed by atoms with E-state index in [2.05, 4.69) is 15.3 Å². The van der Waals surface area contributed by atoms with Gasteiger partial charge in [0.25, 0.3) is 5.91 Å². The molecule has 1 amide bonds. The maximum atomic E-state index is 11.7. The Bertz CT molecular complexity index is 725. The summed E-state index contributed by atoms with van der Waals surface area (Å²) in [5, 5.41) is 3.47. The summed E-state index contributed by atoms with van der Waals surface area (Å²) in [4.78, 5) is 22.6. The maximum absolute atomic E-state index is 11.7. The minimum atomic E-state index is -0.509. The Labute approximate surface area is 137 Å². The minimum absolute atomic E-state index is 0.145. The van der Waals surface area contributed by atoms with Crippen molar-refractivity contribution in [2.45, 2.75) is 6.10 Å². The van der Waals surface area contributed by atoms with Crippen LogP contribution in [0.3, 0.4) is 0 Å². The molecule has 8 heteroatoms. The third-order valence-corrected chi connectivity index (χ3v) is 4.22. The number of likely N-dealkylation sites (N-methyl/N-ethyl adjacent to an activating group) is 1. The van der Waals surface area contributed by atoms with Gasteiger partial charge < -0.3 is 15.0 Å². The third kappa shape index (κ3) is 2.95.